The molecule has 0 spiro atoms. The third-order valence-electron chi connectivity index (χ3n) is 2.51. The Morgan fingerprint density at radius 2 is 2.28 bits per heavy atom. The van der Waals surface area contributed by atoms with Gasteiger partial charge in [-0.2, -0.15) is 0 Å². The van der Waals surface area contributed by atoms with Crippen LogP contribution in [0.1, 0.15) is 11.5 Å². The first-order valence-corrected chi connectivity index (χ1v) is 6.49. The first-order valence-electron chi connectivity index (χ1n) is 5.51. The molecule has 3 rings (SSSR count). The molecule has 0 aliphatic heterocycles. The normalized spacial score (nSPS) is 11.2. The molecule has 5 nitrogen and oxygen atoms in total. The zero-order valence-corrected chi connectivity index (χ0v) is 10.6. The lowest BCUT2D eigenvalue weighted by molar-refractivity contribution is 0.391. The lowest BCUT2D eigenvalue weighted by Crippen LogP contribution is -1.82. The van der Waals surface area contributed by atoms with Gasteiger partial charge in [0, 0.05) is 11.8 Å². The fourth-order valence-corrected chi connectivity index (χ4v) is 2.46. The van der Waals surface area contributed by atoms with Gasteiger partial charge in [0.1, 0.15) is 5.76 Å². The second-order valence-corrected chi connectivity index (χ2v) is 5.01. The van der Waals surface area contributed by atoms with Crippen molar-refractivity contribution in [3.05, 3.63) is 35.7 Å². The van der Waals surface area contributed by atoms with Crippen LogP contribution in [0.15, 0.2) is 33.9 Å². The highest BCUT2D eigenvalue weighted by atomic mass is 32.2. The fraction of sp³-hybridized carbons (Fsp3) is 0.167. The Morgan fingerprint density at radius 1 is 1.39 bits per heavy atom. The summed E-state index contributed by atoms with van der Waals surface area (Å²) in [5, 5.41) is 4.70. The van der Waals surface area contributed by atoms with Crippen LogP contribution in [0.2, 0.25) is 0 Å². The lowest BCUT2D eigenvalue weighted by atomic mass is 10.3. The maximum Gasteiger partial charge on any atom is 0.166 e. The molecule has 0 fully saturated rings. The molecule has 2 heterocycles. The molecule has 0 aliphatic rings. The van der Waals surface area contributed by atoms with Crippen LogP contribution in [0, 0.1) is 6.92 Å². The summed E-state index contributed by atoms with van der Waals surface area (Å²) in [4.78, 5) is 7.69. The molecule has 0 atom stereocenters. The van der Waals surface area contributed by atoms with Gasteiger partial charge in [-0.15, -0.1) is 0 Å². The summed E-state index contributed by atoms with van der Waals surface area (Å²) in [6.07, 6.45) is 0. The van der Waals surface area contributed by atoms with E-state index in [1.165, 1.54) is 0 Å². The average Bonchev–Trinajstić information content (AvgIpc) is 2.92. The number of aryl methyl sites for hydroxylation is 1. The molecular weight excluding hydrogens is 248 g/mol. The number of aromatic nitrogens is 3. The molecule has 0 bridgehead atoms. The topological polar surface area (TPSA) is 80.7 Å². The number of aromatic amines is 1. The number of H-pyrrole nitrogens is 1. The van der Waals surface area contributed by atoms with Crippen LogP contribution < -0.4 is 5.73 Å². The number of thioether (sulfide) groups is 1. The number of rotatable bonds is 3. The second-order valence-electron chi connectivity index (χ2n) is 4.04. The summed E-state index contributed by atoms with van der Waals surface area (Å²) in [6.45, 7) is 1.90. The molecule has 0 unspecified atom stereocenters. The van der Waals surface area contributed by atoms with Crippen LogP contribution >= 0.6 is 11.8 Å². The number of nitrogens with two attached hydrogens (primary N) is 1. The lowest BCUT2D eigenvalue weighted by Gasteiger charge is -1.91. The molecular formula is C12H12N4OS. The smallest absolute Gasteiger partial charge is 0.166 e. The summed E-state index contributed by atoms with van der Waals surface area (Å²) in [6, 6.07) is 7.56. The van der Waals surface area contributed by atoms with E-state index in [1.54, 1.807) is 11.8 Å². The van der Waals surface area contributed by atoms with Crippen molar-refractivity contribution in [1.29, 1.82) is 0 Å². The Bertz CT molecular complexity index is 688. The van der Waals surface area contributed by atoms with Crippen molar-refractivity contribution < 1.29 is 4.52 Å². The van der Waals surface area contributed by atoms with E-state index in [-0.39, 0.29) is 0 Å². The zero-order chi connectivity index (χ0) is 12.5. The molecule has 0 amide bonds. The molecule has 3 aromatic rings. The van der Waals surface area contributed by atoms with Gasteiger partial charge in [-0.25, -0.2) is 4.98 Å². The van der Waals surface area contributed by atoms with Crippen LogP contribution in [0.5, 0.6) is 0 Å². The van der Waals surface area contributed by atoms with E-state index in [2.05, 4.69) is 15.1 Å². The van der Waals surface area contributed by atoms with Crippen molar-refractivity contribution in [3.63, 3.8) is 0 Å². The van der Waals surface area contributed by atoms with Crippen molar-refractivity contribution in [3.8, 4) is 0 Å². The average molecular weight is 260 g/mol. The third-order valence-corrected chi connectivity index (χ3v) is 3.41. The summed E-state index contributed by atoms with van der Waals surface area (Å²) in [5.74, 6) is 1.55. The van der Waals surface area contributed by atoms with Gasteiger partial charge in [-0.3, -0.25) is 0 Å². The van der Waals surface area contributed by atoms with E-state index < -0.39 is 0 Å². The van der Waals surface area contributed by atoms with Crippen molar-refractivity contribution in [2.24, 2.45) is 0 Å². The molecule has 6 heteroatoms. The molecule has 92 valence electrons. The van der Waals surface area contributed by atoms with Crippen LogP contribution in [0.4, 0.5) is 5.69 Å². The van der Waals surface area contributed by atoms with E-state index in [4.69, 9.17) is 10.3 Å². The number of benzene rings is 1. The molecule has 3 N–H and O–H groups in total. The minimum absolute atomic E-state index is 0.705. The van der Waals surface area contributed by atoms with Crippen molar-refractivity contribution in [2.75, 3.05) is 5.73 Å². The van der Waals surface area contributed by atoms with E-state index in [1.807, 2.05) is 31.2 Å². The molecule has 18 heavy (non-hydrogen) atoms. The van der Waals surface area contributed by atoms with Crippen LogP contribution in [0.25, 0.3) is 11.0 Å². The highest BCUT2D eigenvalue weighted by Gasteiger charge is 2.06. The largest absolute Gasteiger partial charge is 0.399 e. The van der Waals surface area contributed by atoms with E-state index in [0.29, 0.717) is 5.75 Å². The van der Waals surface area contributed by atoms with Gasteiger partial charge in [0.25, 0.3) is 0 Å². The molecule has 0 saturated heterocycles. The van der Waals surface area contributed by atoms with Crippen molar-refractivity contribution >= 4 is 28.5 Å². The molecule has 2 aromatic heterocycles. The minimum atomic E-state index is 0.705. The second kappa shape index (κ2) is 4.38. The van der Waals surface area contributed by atoms with Crippen LogP contribution in [0.3, 0.4) is 0 Å². The van der Waals surface area contributed by atoms with Gasteiger partial charge in [-0.05, 0) is 25.1 Å². The first kappa shape index (κ1) is 11.2. The summed E-state index contributed by atoms with van der Waals surface area (Å²) in [5.41, 5.74) is 9.21. The van der Waals surface area contributed by atoms with Gasteiger partial charge in [0.2, 0.25) is 0 Å². The standard InChI is InChI=1S/C12H12N4OS/c1-7-4-9(17-16-7)6-18-12-14-10-3-2-8(13)5-11(10)15-12/h2-5H,6,13H2,1H3,(H,14,15). The number of nitrogens with zero attached hydrogens (tertiary/aromatic N) is 2. The SMILES string of the molecule is Cc1cc(CSc2nc3ccc(N)cc3[nH]2)on1. The quantitative estimate of drug-likeness (QED) is 0.559. The number of hydrogen-bond donors (Lipinski definition) is 2. The van der Waals surface area contributed by atoms with Crippen LogP contribution in [-0.4, -0.2) is 15.1 Å². The van der Waals surface area contributed by atoms with Crippen LogP contribution in [-0.2, 0) is 5.75 Å². The summed E-state index contributed by atoms with van der Waals surface area (Å²) < 4.78 is 5.15. The van der Waals surface area contributed by atoms with E-state index >= 15 is 0 Å². The van der Waals surface area contributed by atoms with Crippen molar-refractivity contribution in [2.45, 2.75) is 17.8 Å². The Morgan fingerprint density at radius 3 is 3.06 bits per heavy atom. The monoisotopic (exact) mass is 260 g/mol. The highest BCUT2D eigenvalue weighted by molar-refractivity contribution is 7.98. The number of imidazole rings is 1. The Hall–Kier alpha value is -1.95. The third kappa shape index (κ3) is 2.19. The van der Waals surface area contributed by atoms with Crippen molar-refractivity contribution in [1.82, 2.24) is 15.1 Å². The maximum absolute atomic E-state index is 5.72. The van der Waals surface area contributed by atoms with Gasteiger partial charge in [-0.1, -0.05) is 16.9 Å². The van der Waals surface area contributed by atoms with E-state index in [9.17, 15) is 0 Å². The molecule has 0 saturated carbocycles. The van der Waals surface area contributed by atoms with Gasteiger partial charge in [0.15, 0.2) is 5.16 Å². The van der Waals surface area contributed by atoms with Gasteiger partial charge >= 0.3 is 0 Å². The minimum Gasteiger partial charge on any atom is -0.399 e. The highest BCUT2D eigenvalue weighted by Crippen LogP contribution is 2.24. The zero-order valence-electron chi connectivity index (χ0n) is 9.80. The first-order chi connectivity index (χ1) is 8.70. The Labute approximate surface area is 108 Å². The molecule has 0 radical (unpaired) electrons. The number of fused-ring (bicyclic) bond motifs is 1. The number of nitrogens with one attached hydrogen (secondary N) is 1. The van der Waals surface area contributed by atoms with Gasteiger partial charge < -0.3 is 15.2 Å². The molecule has 1 aromatic carbocycles. The maximum atomic E-state index is 5.72. The number of anilines is 1. The number of hydrogen-bond acceptors (Lipinski definition) is 5. The molecule has 0 aliphatic carbocycles. The summed E-state index contributed by atoms with van der Waals surface area (Å²) in [7, 11) is 0. The summed E-state index contributed by atoms with van der Waals surface area (Å²) >= 11 is 1.58. The van der Waals surface area contributed by atoms with E-state index in [0.717, 1.165) is 33.3 Å². The Kier molecular flexibility index (Phi) is 2.71. The predicted octanol–water partition coefficient (Wildman–Crippen LogP) is 2.73. The Balaban J connectivity index is 1.78. The number of nitrogen functional groups attached to an aromatic ring is 1. The fourth-order valence-electron chi connectivity index (χ4n) is 1.70. The predicted molar refractivity (Wildman–Crippen MR) is 71.3 cm³/mol. The van der Waals surface area contributed by atoms with Gasteiger partial charge in [0.05, 0.1) is 22.5 Å².